The average Bonchev–Trinajstić information content (AvgIpc) is 2.19. The molecule has 1 atom stereocenters. The normalized spacial score (nSPS) is 12.9. The monoisotopic (exact) mass is 268 g/mol. The van der Waals surface area contributed by atoms with Crippen molar-refractivity contribution in [1.82, 2.24) is 0 Å². The van der Waals surface area contributed by atoms with E-state index in [2.05, 4.69) is 6.92 Å². The van der Waals surface area contributed by atoms with Crippen molar-refractivity contribution >= 4 is 46.6 Å². The van der Waals surface area contributed by atoms with Crippen molar-refractivity contribution in [3.8, 4) is 0 Å². The molecule has 0 aliphatic heterocycles. The van der Waals surface area contributed by atoms with E-state index in [9.17, 15) is 0 Å². The molecule has 0 spiro atoms. The zero-order valence-electron chi connectivity index (χ0n) is 7.77. The maximum absolute atomic E-state index is 5.90. The molecule has 1 unspecified atom stereocenters. The Labute approximate surface area is 104 Å². The molecule has 1 rings (SSSR count). The van der Waals surface area contributed by atoms with Crippen molar-refractivity contribution in [2.24, 2.45) is 0 Å². The number of hydrogen-bond acceptors (Lipinski definition) is 1. The summed E-state index contributed by atoms with van der Waals surface area (Å²) in [6, 6.07) is 5.71. The van der Waals surface area contributed by atoms with E-state index in [0.29, 0.717) is 21.2 Å². The molecule has 0 fully saturated rings. The summed E-state index contributed by atoms with van der Waals surface area (Å²) in [4.78, 5) is 0. The molecular weight excluding hydrogens is 259 g/mol. The molecule has 4 heteroatoms. The highest BCUT2D eigenvalue weighted by Crippen LogP contribution is 2.25. The van der Waals surface area contributed by atoms with Crippen LogP contribution >= 0.6 is 46.6 Å². The van der Waals surface area contributed by atoms with Crippen molar-refractivity contribution in [3.05, 3.63) is 33.8 Å². The predicted molar refractivity (Wildman–Crippen MR) is 67.9 cm³/mol. The fourth-order valence-electron chi connectivity index (χ4n) is 0.912. The standard InChI is InChI=1S/C10H11Cl3S/c1-7(5-11)14-6-8-2-3-9(12)10(13)4-8/h2-4,7H,5-6H2,1H3. The van der Waals surface area contributed by atoms with E-state index in [1.54, 1.807) is 0 Å². The maximum atomic E-state index is 5.90. The minimum atomic E-state index is 0.464. The summed E-state index contributed by atoms with van der Waals surface area (Å²) < 4.78 is 0. The van der Waals surface area contributed by atoms with Crippen LogP contribution in [-0.2, 0) is 5.75 Å². The highest BCUT2D eigenvalue weighted by Gasteiger charge is 2.03. The van der Waals surface area contributed by atoms with Crippen LogP contribution in [0, 0.1) is 0 Å². The fraction of sp³-hybridized carbons (Fsp3) is 0.400. The number of benzene rings is 1. The molecule has 0 aromatic heterocycles. The van der Waals surface area contributed by atoms with Gasteiger partial charge in [-0.3, -0.25) is 0 Å². The second-order valence-electron chi connectivity index (χ2n) is 3.02. The van der Waals surface area contributed by atoms with Gasteiger partial charge < -0.3 is 0 Å². The van der Waals surface area contributed by atoms with Crippen molar-refractivity contribution in [2.45, 2.75) is 17.9 Å². The quantitative estimate of drug-likeness (QED) is 0.704. The molecule has 1 aromatic rings. The van der Waals surface area contributed by atoms with Gasteiger partial charge in [0.1, 0.15) is 0 Å². The van der Waals surface area contributed by atoms with Crippen molar-refractivity contribution in [1.29, 1.82) is 0 Å². The third-order valence-electron chi connectivity index (χ3n) is 1.74. The van der Waals surface area contributed by atoms with Gasteiger partial charge in [-0.1, -0.05) is 36.2 Å². The van der Waals surface area contributed by atoms with E-state index in [1.165, 1.54) is 5.56 Å². The first-order valence-corrected chi connectivity index (χ1v) is 6.59. The van der Waals surface area contributed by atoms with Gasteiger partial charge in [-0.15, -0.1) is 11.6 Å². The topological polar surface area (TPSA) is 0 Å². The molecule has 0 heterocycles. The fourth-order valence-corrected chi connectivity index (χ4v) is 2.25. The summed E-state index contributed by atoms with van der Waals surface area (Å²) in [5, 5.41) is 1.68. The Balaban J connectivity index is 2.55. The highest BCUT2D eigenvalue weighted by atomic mass is 35.5. The van der Waals surface area contributed by atoms with Crippen LogP contribution in [0.15, 0.2) is 18.2 Å². The van der Waals surface area contributed by atoms with Gasteiger partial charge in [-0.05, 0) is 17.7 Å². The Bertz CT molecular complexity index is 301. The van der Waals surface area contributed by atoms with E-state index < -0.39 is 0 Å². The van der Waals surface area contributed by atoms with Crippen molar-refractivity contribution in [2.75, 3.05) is 5.88 Å². The van der Waals surface area contributed by atoms with Crippen LogP contribution in [0.25, 0.3) is 0 Å². The van der Waals surface area contributed by atoms with Gasteiger partial charge in [0, 0.05) is 16.9 Å². The Morgan fingerprint density at radius 2 is 2.00 bits per heavy atom. The first-order chi connectivity index (χ1) is 6.63. The molecule has 0 aliphatic rings. The molecule has 0 amide bonds. The predicted octanol–water partition coefficient (Wildman–Crippen LogP) is 4.85. The van der Waals surface area contributed by atoms with Crippen LogP contribution in [0.5, 0.6) is 0 Å². The van der Waals surface area contributed by atoms with Gasteiger partial charge in [-0.25, -0.2) is 0 Å². The second kappa shape index (κ2) is 6.12. The number of alkyl halides is 1. The third-order valence-corrected chi connectivity index (χ3v) is 4.36. The summed E-state index contributed by atoms with van der Waals surface area (Å²) in [6.07, 6.45) is 0. The van der Waals surface area contributed by atoms with E-state index in [1.807, 2.05) is 30.0 Å². The van der Waals surface area contributed by atoms with Gasteiger partial charge in [0.2, 0.25) is 0 Å². The van der Waals surface area contributed by atoms with E-state index in [4.69, 9.17) is 34.8 Å². The molecule has 0 radical (unpaired) electrons. The van der Waals surface area contributed by atoms with Crippen LogP contribution in [0.4, 0.5) is 0 Å². The molecule has 0 saturated carbocycles. The van der Waals surface area contributed by atoms with Crippen molar-refractivity contribution in [3.63, 3.8) is 0 Å². The molecule has 1 aromatic carbocycles. The van der Waals surface area contributed by atoms with Crippen molar-refractivity contribution < 1.29 is 0 Å². The Morgan fingerprint density at radius 1 is 1.29 bits per heavy atom. The summed E-state index contributed by atoms with van der Waals surface area (Å²) in [5.41, 5.74) is 1.18. The summed E-state index contributed by atoms with van der Waals surface area (Å²) in [5.74, 6) is 1.59. The Kier molecular flexibility index (Phi) is 5.47. The van der Waals surface area contributed by atoms with Crippen LogP contribution in [-0.4, -0.2) is 11.1 Å². The lowest BCUT2D eigenvalue weighted by Crippen LogP contribution is -1.97. The van der Waals surface area contributed by atoms with Gasteiger partial charge in [0.25, 0.3) is 0 Å². The number of hydrogen-bond donors (Lipinski definition) is 0. The zero-order chi connectivity index (χ0) is 10.6. The maximum Gasteiger partial charge on any atom is 0.0595 e. The van der Waals surface area contributed by atoms with Crippen LogP contribution in [0.2, 0.25) is 10.0 Å². The molecular formula is C10H11Cl3S. The lowest BCUT2D eigenvalue weighted by molar-refractivity contribution is 1.12. The van der Waals surface area contributed by atoms with Crippen LogP contribution in [0.1, 0.15) is 12.5 Å². The van der Waals surface area contributed by atoms with E-state index >= 15 is 0 Å². The minimum Gasteiger partial charge on any atom is -0.153 e. The van der Waals surface area contributed by atoms with E-state index in [0.717, 1.165) is 5.75 Å². The summed E-state index contributed by atoms with van der Waals surface area (Å²) >= 11 is 19.2. The highest BCUT2D eigenvalue weighted by molar-refractivity contribution is 7.99. The molecule has 0 nitrogen and oxygen atoms in total. The smallest absolute Gasteiger partial charge is 0.0595 e. The number of rotatable bonds is 4. The molecule has 0 N–H and O–H groups in total. The lowest BCUT2D eigenvalue weighted by atomic mass is 10.2. The largest absolute Gasteiger partial charge is 0.153 e. The Hall–Kier alpha value is 0.440. The Morgan fingerprint density at radius 3 is 2.57 bits per heavy atom. The number of halogens is 3. The second-order valence-corrected chi connectivity index (χ2v) is 5.57. The van der Waals surface area contributed by atoms with Gasteiger partial charge in [0.15, 0.2) is 0 Å². The summed E-state index contributed by atoms with van der Waals surface area (Å²) in [7, 11) is 0. The first-order valence-electron chi connectivity index (χ1n) is 4.25. The van der Waals surface area contributed by atoms with Crippen LogP contribution < -0.4 is 0 Å². The number of thioether (sulfide) groups is 1. The van der Waals surface area contributed by atoms with Crippen LogP contribution in [0.3, 0.4) is 0 Å². The SMILES string of the molecule is CC(CCl)SCc1ccc(Cl)c(Cl)c1. The molecule has 0 saturated heterocycles. The average molecular weight is 270 g/mol. The lowest BCUT2D eigenvalue weighted by Gasteiger charge is -2.07. The van der Waals surface area contributed by atoms with Gasteiger partial charge in [0.05, 0.1) is 10.0 Å². The first kappa shape index (κ1) is 12.5. The molecule has 78 valence electrons. The van der Waals surface area contributed by atoms with E-state index in [-0.39, 0.29) is 0 Å². The minimum absolute atomic E-state index is 0.464. The molecule has 0 aliphatic carbocycles. The zero-order valence-corrected chi connectivity index (χ0v) is 10.9. The van der Waals surface area contributed by atoms with Gasteiger partial charge >= 0.3 is 0 Å². The molecule has 0 bridgehead atoms. The van der Waals surface area contributed by atoms with Gasteiger partial charge in [-0.2, -0.15) is 11.8 Å². The molecule has 14 heavy (non-hydrogen) atoms. The summed E-state index contributed by atoms with van der Waals surface area (Å²) in [6.45, 7) is 2.11. The third kappa shape index (κ3) is 3.90.